The van der Waals surface area contributed by atoms with Gasteiger partial charge in [0.05, 0.1) is 19.5 Å². The predicted molar refractivity (Wildman–Crippen MR) is 166 cm³/mol. The van der Waals surface area contributed by atoms with E-state index in [1.54, 1.807) is 6.33 Å². The number of morpholine rings is 1. The minimum absolute atomic E-state index is 0.178. The molecule has 5 rings (SSSR count). The molecule has 2 saturated heterocycles. The Bertz CT molecular complexity index is 1260. The maximum absolute atomic E-state index is 12.4. The van der Waals surface area contributed by atoms with Crippen LogP contribution in [0.1, 0.15) is 25.7 Å². The summed E-state index contributed by atoms with van der Waals surface area (Å²) in [4.78, 5) is 36.0. The molecule has 1 unspecified atom stereocenters. The van der Waals surface area contributed by atoms with Crippen molar-refractivity contribution in [1.29, 1.82) is 0 Å². The van der Waals surface area contributed by atoms with Gasteiger partial charge in [-0.1, -0.05) is 15.9 Å². The Morgan fingerprint density at radius 3 is 2.78 bits per heavy atom. The van der Waals surface area contributed by atoms with Crippen molar-refractivity contribution in [2.75, 3.05) is 82.3 Å². The zero-order valence-corrected chi connectivity index (χ0v) is 25.7. The summed E-state index contributed by atoms with van der Waals surface area (Å²) in [5.74, 6) is 1.34. The van der Waals surface area contributed by atoms with E-state index < -0.39 is 0 Å². The van der Waals surface area contributed by atoms with E-state index in [1.807, 2.05) is 24.3 Å². The Morgan fingerprint density at radius 2 is 1.95 bits per heavy atom. The van der Waals surface area contributed by atoms with Crippen LogP contribution in [-0.4, -0.2) is 108 Å². The van der Waals surface area contributed by atoms with Gasteiger partial charge in [-0.15, -0.1) is 0 Å². The smallest absolute Gasteiger partial charge is 0.319 e. The molecule has 2 amide bonds. The van der Waals surface area contributed by atoms with Crippen molar-refractivity contribution in [1.82, 2.24) is 35.1 Å². The molecule has 41 heavy (non-hydrogen) atoms. The number of fused-ring (bicyclic) bond motifs is 1. The number of urea groups is 1. The first-order valence-corrected chi connectivity index (χ1v) is 15.6. The summed E-state index contributed by atoms with van der Waals surface area (Å²) in [5.41, 5.74) is 2.21. The first-order valence-electron chi connectivity index (χ1n) is 14.5. The molecule has 11 nitrogen and oxygen atoms in total. The maximum atomic E-state index is 12.4. The normalized spacial score (nSPS) is 18.2. The SMILES string of the molecule is O=C(NCCCN(CCCN1CCOCC1)CC1CCCN(c2nc(Cl)nc3nc[nH]c23)C1)Nc1ccc(Br)cc1. The van der Waals surface area contributed by atoms with Crippen LogP contribution in [0.25, 0.3) is 11.2 Å². The van der Waals surface area contributed by atoms with Gasteiger partial charge >= 0.3 is 6.03 Å². The summed E-state index contributed by atoms with van der Waals surface area (Å²) in [6.45, 7) is 10.2. The Morgan fingerprint density at radius 1 is 1.15 bits per heavy atom. The van der Waals surface area contributed by atoms with E-state index in [2.05, 4.69) is 61.2 Å². The number of anilines is 2. The highest BCUT2D eigenvalue weighted by Gasteiger charge is 2.25. The fraction of sp³-hybridized carbons (Fsp3) is 0.571. The van der Waals surface area contributed by atoms with Crippen LogP contribution in [0, 0.1) is 5.92 Å². The zero-order chi connectivity index (χ0) is 28.4. The van der Waals surface area contributed by atoms with E-state index in [9.17, 15) is 4.79 Å². The topological polar surface area (TPSA) is 115 Å². The van der Waals surface area contributed by atoms with Gasteiger partial charge in [0.15, 0.2) is 11.5 Å². The third kappa shape index (κ3) is 8.99. The Hall–Kier alpha value is -2.51. The lowest BCUT2D eigenvalue weighted by atomic mass is 9.97. The molecular weight excluding hydrogens is 610 g/mol. The molecule has 222 valence electrons. The molecule has 2 aliphatic rings. The van der Waals surface area contributed by atoms with Gasteiger partial charge in [0.25, 0.3) is 0 Å². The molecule has 1 atom stereocenters. The molecule has 0 spiro atoms. The first-order chi connectivity index (χ1) is 20.0. The fourth-order valence-corrected chi connectivity index (χ4v) is 6.07. The average molecular weight is 649 g/mol. The number of ether oxygens (including phenoxy) is 1. The van der Waals surface area contributed by atoms with Crippen molar-refractivity contribution in [2.45, 2.75) is 25.7 Å². The van der Waals surface area contributed by atoms with Crippen LogP contribution >= 0.6 is 27.5 Å². The first kappa shape index (κ1) is 30.0. The number of benzene rings is 1. The lowest BCUT2D eigenvalue weighted by Gasteiger charge is -2.36. The summed E-state index contributed by atoms with van der Waals surface area (Å²) >= 11 is 9.65. The fourth-order valence-electron chi connectivity index (χ4n) is 5.64. The molecule has 0 saturated carbocycles. The Balaban J connectivity index is 1.14. The molecule has 4 heterocycles. The molecule has 13 heteroatoms. The summed E-state index contributed by atoms with van der Waals surface area (Å²) in [7, 11) is 0. The van der Waals surface area contributed by atoms with Gasteiger partial charge in [-0.05, 0) is 87.1 Å². The van der Waals surface area contributed by atoms with Gasteiger partial charge in [0.1, 0.15) is 5.52 Å². The highest BCUT2D eigenvalue weighted by molar-refractivity contribution is 9.10. The molecular formula is C28H39BrClN9O2. The van der Waals surface area contributed by atoms with Gasteiger partial charge in [-0.25, -0.2) is 9.78 Å². The van der Waals surface area contributed by atoms with Crippen LogP contribution < -0.4 is 15.5 Å². The maximum Gasteiger partial charge on any atom is 0.319 e. The number of nitrogens with zero attached hydrogens (tertiary/aromatic N) is 6. The predicted octanol–water partition coefficient (Wildman–Crippen LogP) is 4.22. The number of imidazole rings is 1. The van der Waals surface area contributed by atoms with Gasteiger partial charge in [0.2, 0.25) is 5.28 Å². The number of aromatic amines is 1. The average Bonchev–Trinajstić information content (AvgIpc) is 3.45. The number of piperidine rings is 1. The van der Waals surface area contributed by atoms with Gasteiger partial charge in [0, 0.05) is 49.4 Å². The zero-order valence-electron chi connectivity index (χ0n) is 23.3. The molecule has 0 bridgehead atoms. The molecule has 2 fully saturated rings. The van der Waals surface area contributed by atoms with E-state index in [4.69, 9.17) is 16.3 Å². The van der Waals surface area contributed by atoms with E-state index in [0.29, 0.717) is 18.1 Å². The van der Waals surface area contributed by atoms with Crippen LogP contribution in [0.5, 0.6) is 0 Å². The number of nitrogens with one attached hydrogen (secondary N) is 3. The van der Waals surface area contributed by atoms with Crippen molar-refractivity contribution < 1.29 is 9.53 Å². The second kappa shape index (κ2) is 15.1. The van der Waals surface area contributed by atoms with Gasteiger partial charge < -0.3 is 30.2 Å². The van der Waals surface area contributed by atoms with Crippen molar-refractivity contribution in [3.63, 3.8) is 0 Å². The van der Waals surface area contributed by atoms with E-state index in [0.717, 1.165) is 106 Å². The molecule has 1 aromatic carbocycles. The quantitative estimate of drug-likeness (QED) is 0.198. The molecule has 2 aliphatic heterocycles. The Labute approximate surface area is 254 Å². The number of halogens is 2. The number of carbonyl (C=O) groups is 1. The molecule has 0 radical (unpaired) electrons. The van der Waals surface area contributed by atoms with E-state index in [-0.39, 0.29) is 11.3 Å². The van der Waals surface area contributed by atoms with Gasteiger partial charge in [-0.3, -0.25) is 4.90 Å². The number of amides is 2. The number of carbonyl (C=O) groups excluding carboxylic acids is 1. The van der Waals surface area contributed by atoms with Crippen molar-refractivity contribution >= 4 is 56.2 Å². The van der Waals surface area contributed by atoms with Crippen molar-refractivity contribution in [2.24, 2.45) is 5.92 Å². The number of hydrogen-bond donors (Lipinski definition) is 3. The highest BCUT2D eigenvalue weighted by atomic mass is 79.9. The monoisotopic (exact) mass is 647 g/mol. The molecule has 3 aromatic rings. The second-order valence-electron chi connectivity index (χ2n) is 10.7. The standard InChI is InChI=1S/C28H39BrClN9O2/c29-22-5-7-23(8-6-22)34-28(40)31-9-2-10-38(12-3-11-37-14-16-41-17-15-37)18-21-4-1-13-39(19-21)26-24-25(33-20-32-24)35-27(30)36-26/h5-8,20-21H,1-4,9-19H2,(H2,31,34,40)(H,32,33,35,36). The molecule has 3 N–H and O–H groups in total. The van der Waals surface area contributed by atoms with Crippen molar-refractivity contribution in [3.8, 4) is 0 Å². The number of hydrogen-bond acceptors (Lipinski definition) is 8. The number of aromatic nitrogens is 4. The van der Waals surface area contributed by atoms with Crippen LogP contribution in [0.2, 0.25) is 5.28 Å². The minimum atomic E-state index is -0.178. The van der Waals surface area contributed by atoms with Crippen LogP contribution in [0.3, 0.4) is 0 Å². The largest absolute Gasteiger partial charge is 0.379 e. The number of rotatable bonds is 12. The summed E-state index contributed by atoms with van der Waals surface area (Å²) in [6.07, 6.45) is 5.92. The lowest BCUT2D eigenvalue weighted by Crippen LogP contribution is -2.43. The minimum Gasteiger partial charge on any atom is -0.379 e. The lowest BCUT2D eigenvalue weighted by molar-refractivity contribution is 0.0358. The third-order valence-corrected chi connectivity index (χ3v) is 8.36. The van der Waals surface area contributed by atoms with E-state index in [1.165, 1.54) is 6.42 Å². The van der Waals surface area contributed by atoms with Crippen LogP contribution in [0.4, 0.5) is 16.3 Å². The van der Waals surface area contributed by atoms with Gasteiger partial charge in [-0.2, -0.15) is 9.97 Å². The third-order valence-electron chi connectivity index (χ3n) is 7.67. The highest BCUT2D eigenvalue weighted by Crippen LogP contribution is 2.28. The second-order valence-corrected chi connectivity index (χ2v) is 12.0. The Kier molecular flexibility index (Phi) is 11.0. The van der Waals surface area contributed by atoms with Crippen molar-refractivity contribution in [3.05, 3.63) is 40.3 Å². The number of H-pyrrole nitrogens is 1. The van der Waals surface area contributed by atoms with Crippen LogP contribution in [-0.2, 0) is 4.74 Å². The molecule has 0 aliphatic carbocycles. The summed E-state index contributed by atoms with van der Waals surface area (Å²) in [5, 5.41) is 6.13. The summed E-state index contributed by atoms with van der Waals surface area (Å²) in [6, 6.07) is 7.39. The molecule has 2 aromatic heterocycles. The van der Waals surface area contributed by atoms with E-state index >= 15 is 0 Å². The van der Waals surface area contributed by atoms with Crippen LogP contribution in [0.15, 0.2) is 35.1 Å². The summed E-state index contributed by atoms with van der Waals surface area (Å²) < 4.78 is 6.49.